The first-order chi connectivity index (χ1) is 9.04. The van der Waals surface area contributed by atoms with Gasteiger partial charge in [-0.15, -0.1) is 0 Å². The highest BCUT2D eigenvalue weighted by Gasteiger charge is 2.22. The molecular formula is C13H20N2O3S. The summed E-state index contributed by atoms with van der Waals surface area (Å²) in [5.41, 5.74) is 1.99. The van der Waals surface area contributed by atoms with E-state index >= 15 is 0 Å². The lowest BCUT2D eigenvalue weighted by molar-refractivity contribution is 0.122. The van der Waals surface area contributed by atoms with Crippen molar-refractivity contribution in [3.8, 4) is 0 Å². The first-order valence-corrected chi connectivity index (χ1v) is 7.87. The number of methoxy groups -OCH3 is 1. The molecule has 0 saturated carbocycles. The molecule has 0 bridgehead atoms. The van der Waals surface area contributed by atoms with E-state index in [2.05, 4.69) is 10.0 Å². The van der Waals surface area contributed by atoms with Crippen molar-refractivity contribution in [1.82, 2.24) is 10.0 Å². The molecule has 0 spiro atoms. The van der Waals surface area contributed by atoms with E-state index in [9.17, 15) is 8.42 Å². The normalized spacial score (nSPS) is 16.9. The molecule has 2 rings (SSSR count). The molecule has 5 nitrogen and oxygen atoms in total. The number of sulfonamides is 1. The molecule has 1 unspecified atom stereocenters. The van der Waals surface area contributed by atoms with Gasteiger partial charge in [0.25, 0.3) is 0 Å². The van der Waals surface area contributed by atoms with E-state index in [0.717, 1.165) is 30.6 Å². The van der Waals surface area contributed by atoms with Crippen LogP contribution in [-0.2, 0) is 27.7 Å². The van der Waals surface area contributed by atoms with E-state index in [1.54, 1.807) is 19.2 Å². The topological polar surface area (TPSA) is 67.4 Å². The van der Waals surface area contributed by atoms with Crippen molar-refractivity contribution >= 4 is 10.0 Å². The van der Waals surface area contributed by atoms with E-state index in [1.165, 1.54) is 0 Å². The highest BCUT2D eigenvalue weighted by molar-refractivity contribution is 7.89. The highest BCUT2D eigenvalue weighted by atomic mass is 32.2. The number of nitrogens with one attached hydrogen (secondary N) is 2. The molecule has 2 N–H and O–H groups in total. The van der Waals surface area contributed by atoms with Crippen molar-refractivity contribution in [3.63, 3.8) is 0 Å². The molecule has 106 valence electrons. The molecule has 1 aromatic rings. The van der Waals surface area contributed by atoms with Gasteiger partial charge in [0.15, 0.2) is 0 Å². The lowest BCUT2D eigenvalue weighted by Crippen LogP contribution is -2.33. The van der Waals surface area contributed by atoms with Crippen molar-refractivity contribution in [3.05, 3.63) is 29.3 Å². The maximum atomic E-state index is 12.3. The van der Waals surface area contributed by atoms with Crippen molar-refractivity contribution in [2.75, 3.05) is 20.2 Å². The van der Waals surface area contributed by atoms with Crippen LogP contribution in [0.25, 0.3) is 0 Å². The Balaban J connectivity index is 2.25. The summed E-state index contributed by atoms with van der Waals surface area (Å²) in [5.74, 6) is 0. The molecule has 1 aliphatic rings. The van der Waals surface area contributed by atoms with Gasteiger partial charge in [-0.25, -0.2) is 13.1 Å². The summed E-state index contributed by atoms with van der Waals surface area (Å²) in [6.45, 7) is 3.65. The Hall–Kier alpha value is -0.950. The Morgan fingerprint density at radius 3 is 3.00 bits per heavy atom. The molecular weight excluding hydrogens is 264 g/mol. The second kappa shape index (κ2) is 6.00. The second-order valence-corrected chi connectivity index (χ2v) is 6.45. The molecule has 0 radical (unpaired) electrons. The number of hydrogen-bond donors (Lipinski definition) is 2. The van der Waals surface area contributed by atoms with Crippen LogP contribution in [0.3, 0.4) is 0 Å². The molecule has 0 amide bonds. The zero-order chi connectivity index (χ0) is 13.9. The molecule has 1 aliphatic heterocycles. The van der Waals surface area contributed by atoms with Gasteiger partial charge in [-0.3, -0.25) is 0 Å². The van der Waals surface area contributed by atoms with Crippen molar-refractivity contribution in [2.24, 2.45) is 0 Å². The summed E-state index contributed by atoms with van der Waals surface area (Å²) < 4.78 is 32.3. The van der Waals surface area contributed by atoms with Crippen molar-refractivity contribution in [2.45, 2.75) is 30.9 Å². The average molecular weight is 284 g/mol. The Morgan fingerprint density at radius 2 is 2.26 bits per heavy atom. The standard InChI is InChI=1S/C13H20N2O3S/c1-10(18-2)8-15-19(16,17)13-5-3-4-11-9-14-7-6-12(11)13/h3-5,10,14-15H,6-9H2,1-2H3. The zero-order valence-corrected chi connectivity index (χ0v) is 12.1. The number of ether oxygens (including phenoxy) is 1. The predicted molar refractivity (Wildman–Crippen MR) is 73.5 cm³/mol. The van der Waals surface area contributed by atoms with Gasteiger partial charge in [0.05, 0.1) is 11.0 Å². The molecule has 1 atom stereocenters. The molecule has 1 heterocycles. The lowest BCUT2D eigenvalue weighted by Gasteiger charge is -2.20. The summed E-state index contributed by atoms with van der Waals surface area (Å²) >= 11 is 0. The van der Waals surface area contributed by atoms with Crippen LogP contribution in [0.5, 0.6) is 0 Å². The fourth-order valence-electron chi connectivity index (χ4n) is 2.14. The van der Waals surface area contributed by atoms with Crippen molar-refractivity contribution < 1.29 is 13.2 Å². The summed E-state index contributed by atoms with van der Waals surface area (Å²) in [5, 5.41) is 3.24. The van der Waals surface area contributed by atoms with Crippen LogP contribution < -0.4 is 10.0 Å². The first-order valence-electron chi connectivity index (χ1n) is 6.38. The third kappa shape index (κ3) is 3.33. The minimum absolute atomic E-state index is 0.143. The lowest BCUT2D eigenvalue weighted by atomic mass is 10.0. The molecule has 19 heavy (non-hydrogen) atoms. The van der Waals surface area contributed by atoms with Gasteiger partial charge >= 0.3 is 0 Å². The quantitative estimate of drug-likeness (QED) is 0.833. The number of fused-ring (bicyclic) bond motifs is 1. The van der Waals surface area contributed by atoms with Crippen LogP contribution in [0.2, 0.25) is 0 Å². The summed E-state index contributed by atoms with van der Waals surface area (Å²) in [4.78, 5) is 0.398. The molecule has 6 heteroatoms. The van der Waals surface area contributed by atoms with Gasteiger partial charge in [0.1, 0.15) is 0 Å². The highest BCUT2D eigenvalue weighted by Crippen LogP contribution is 2.22. The maximum absolute atomic E-state index is 12.3. The zero-order valence-electron chi connectivity index (χ0n) is 11.3. The molecule has 0 aromatic heterocycles. The Morgan fingerprint density at radius 1 is 1.47 bits per heavy atom. The van der Waals surface area contributed by atoms with Gasteiger partial charge < -0.3 is 10.1 Å². The minimum Gasteiger partial charge on any atom is -0.380 e. The smallest absolute Gasteiger partial charge is 0.240 e. The second-order valence-electron chi connectivity index (χ2n) is 4.72. The number of benzene rings is 1. The van der Waals surface area contributed by atoms with Crippen LogP contribution in [0, 0.1) is 0 Å². The van der Waals surface area contributed by atoms with E-state index < -0.39 is 10.0 Å². The Kier molecular flexibility index (Phi) is 4.57. The van der Waals surface area contributed by atoms with Gasteiger partial charge in [0.2, 0.25) is 10.0 Å². The fourth-order valence-corrected chi connectivity index (χ4v) is 3.56. The molecule has 0 aliphatic carbocycles. The van der Waals surface area contributed by atoms with Crippen LogP contribution in [-0.4, -0.2) is 34.7 Å². The number of hydrogen-bond acceptors (Lipinski definition) is 4. The van der Waals surface area contributed by atoms with Gasteiger partial charge in [0, 0.05) is 20.2 Å². The van der Waals surface area contributed by atoms with Crippen LogP contribution in [0.4, 0.5) is 0 Å². The van der Waals surface area contributed by atoms with Crippen LogP contribution in [0.15, 0.2) is 23.1 Å². The Bertz CT molecular complexity index is 543. The fraction of sp³-hybridized carbons (Fsp3) is 0.538. The maximum Gasteiger partial charge on any atom is 0.240 e. The molecule has 0 saturated heterocycles. The summed E-state index contributed by atoms with van der Waals surface area (Å²) in [6, 6.07) is 5.43. The van der Waals surface area contributed by atoms with E-state index in [1.807, 2.05) is 13.0 Å². The average Bonchev–Trinajstić information content (AvgIpc) is 2.44. The van der Waals surface area contributed by atoms with Gasteiger partial charge in [-0.1, -0.05) is 12.1 Å². The summed E-state index contributed by atoms with van der Waals surface area (Å²) in [7, 11) is -1.90. The molecule has 1 aromatic carbocycles. The first kappa shape index (κ1) is 14.5. The summed E-state index contributed by atoms with van der Waals surface area (Å²) in [6.07, 6.45) is 0.600. The largest absolute Gasteiger partial charge is 0.380 e. The third-order valence-electron chi connectivity index (χ3n) is 3.35. The van der Waals surface area contributed by atoms with E-state index in [4.69, 9.17) is 4.74 Å². The number of rotatable bonds is 5. The van der Waals surface area contributed by atoms with Gasteiger partial charge in [-0.2, -0.15) is 0 Å². The van der Waals surface area contributed by atoms with E-state index in [-0.39, 0.29) is 12.6 Å². The van der Waals surface area contributed by atoms with Crippen molar-refractivity contribution in [1.29, 1.82) is 0 Å². The SMILES string of the molecule is COC(C)CNS(=O)(=O)c1cccc2c1CCNC2. The Labute approximate surface area is 114 Å². The monoisotopic (exact) mass is 284 g/mol. The third-order valence-corrected chi connectivity index (χ3v) is 4.86. The predicted octanol–water partition coefficient (Wildman–Crippen LogP) is 0.645. The van der Waals surface area contributed by atoms with Gasteiger partial charge in [-0.05, 0) is 37.1 Å². The van der Waals surface area contributed by atoms with E-state index in [0.29, 0.717) is 4.90 Å². The van der Waals surface area contributed by atoms with Crippen LogP contribution in [0.1, 0.15) is 18.1 Å². The minimum atomic E-state index is -3.46. The molecule has 0 fully saturated rings. The van der Waals surface area contributed by atoms with Crippen LogP contribution >= 0.6 is 0 Å².